The molecule has 1 aromatic rings. The van der Waals surface area contributed by atoms with Gasteiger partial charge in [-0.3, -0.25) is 10.1 Å². The van der Waals surface area contributed by atoms with Crippen LogP contribution in [-0.4, -0.2) is 22.6 Å². The van der Waals surface area contributed by atoms with Crippen LogP contribution >= 0.6 is 0 Å². The number of anilines is 1. The summed E-state index contributed by atoms with van der Waals surface area (Å²) in [6, 6.07) is 3.35. The monoisotopic (exact) mass is 280 g/mol. The number of pyridine rings is 1. The molecule has 6 heteroatoms. The van der Waals surface area contributed by atoms with Gasteiger partial charge in [-0.1, -0.05) is 0 Å². The highest BCUT2D eigenvalue weighted by Crippen LogP contribution is 2.19. The molecule has 0 aliphatic heterocycles. The molecule has 1 N–H and O–H groups in total. The fourth-order valence-electron chi connectivity index (χ4n) is 1.49. The lowest BCUT2D eigenvalue weighted by Gasteiger charge is -2.19. The molecule has 6 nitrogen and oxygen atoms in total. The molecule has 0 bridgehead atoms. The Morgan fingerprint density at radius 1 is 1.35 bits per heavy atom. The lowest BCUT2D eigenvalue weighted by atomic mass is 10.1. The van der Waals surface area contributed by atoms with Gasteiger partial charge in [0.15, 0.2) is 0 Å². The molecule has 1 rings (SSSR count). The van der Waals surface area contributed by atoms with E-state index in [-0.39, 0.29) is 5.97 Å². The smallest absolute Gasteiger partial charge is 0.413 e. The summed E-state index contributed by atoms with van der Waals surface area (Å²) in [6.07, 6.45) is 0.541. The summed E-state index contributed by atoms with van der Waals surface area (Å²) in [7, 11) is 0. The maximum absolute atomic E-state index is 11.6. The van der Waals surface area contributed by atoms with E-state index in [0.29, 0.717) is 5.82 Å². The second-order valence-corrected chi connectivity index (χ2v) is 5.35. The van der Waals surface area contributed by atoms with Crippen LogP contribution in [0.4, 0.5) is 10.6 Å². The Balaban J connectivity index is 2.73. The van der Waals surface area contributed by atoms with Crippen LogP contribution in [0.2, 0.25) is 0 Å². The molecule has 1 unspecified atom stereocenters. The van der Waals surface area contributed by atoms with E-state index >= 15 is 0 Å². The normalized spacial score (nSPS) is 12.4. The minimum atomic E-state index is -0.581. The fourth-order valence-corrected chi connectivity index (χ4v) is 1.49. The quantitative estimate of drug-likeness (QED) is 0.861. The van der Waals surface area contributed by atoms with Gasteiger partial charge in [0.2, 0.25) is 0 Å². The molecular weight excluding hydrogens is 260 g/mol. The lowest BCUT2D eigenvalue weighted by molar-refractivity contribution is -0.145. The summed E-state index contributed by atoms with van der Waals surface area (Å²) >= 11 is 0. The first-order valence-electron chi connectivity index (χ1n) is 6.30. The topological polar surface area (TPSA) is 77.5 Å². The number of ether oxygens (including phenoxy) is 2. The Morgan fingerprint density at radius 3 is 2.55 bits per heavy atom. The first-order valence-corrected chi connectivity index (χ1v) is 6.30. The molecule has 0 aromatic carbocycles. The van der Waals surface area contributed by atoms with Gasteiger partial charge in [-0.05, 0) is 45.4 Å². The summed E-state index contributed by atoms with van der Waals surface area (Å²) < 4.78 is 10.2. The lowest BCUT2D eigenvalue weighted by Crippen LogP contribution is -2.27. The highest BCUT2D eigenvalue weighted by molar-refractivity contribution is 5.83. The zero-order valence-corrected chi connectivity index (χ0v) is 12.4. The highest BCUT2D eigenvalue weighted by Gasteiger charge is 2.17. The van der Waals surface area contributed by atoms with Gasteiger partial charge < -0.3 is 9.47 Å². The maximum atomic E-state index is 11.6. The predicted molar refractivity (Wildman–Crippen MR) is 74.3 cm³/mol. The van der Waals surface area contributed by atoms with Crippen molar-refractivity contribution in [2.45, 2.75) is 46.3 Å². The number of carbonyl (C=O) groups is 2. The number of nitrogens with zero attached hydrogens (tertiary/aromatic N) is 1. The molecule has 0 aliphatic rings. The first-order chi connectivity index (χ1) is 9.17. The molecule has 1 aromatic heterocycles. The van der Waals surface area contributed by atoms with Gasteiger partial charge >= 0.3 is 12.1 Å². The van der Waals surface area contributed by atoms with E-state index in [9.17, 15) is 9.59 Å². The van der Waals surface area contributed by atoms with Crippen molar-refractivity contribution in [3.8, 4) is 0 Å². The molecule has 1 amide bonds. The number of hydrogen-bond acceptors (Lipinski definition) is 5. The van der Waals surface area contributed by atoms with E-state index in [1.807, 2.05) is 0 Å². The van der Waals surface area contributed by atoms with Crippen molar-refractivity contribution in [1.29, 1.82) is 0 Å². The zero-order valence-electron chi connectivity index (χ0n) is 12.4. The number of nitrogens with one attached hydrogen (secondary N) is 1. The zero-order chi connectivity index (χ0) is 15.3. The van der Waals surface area contributed by atoms with Gasteiger partial charge in [-0.15, -0.1) is 0 Å². The van der Waals surface area contributed by atoms with E-state index in [0.717, 1.165) is 5.56 Å². The van der Waals surface area contributed by atoms with Crippen molar-refractivity contribution in [1.82, 2.24) is 4.98 Å². The molecule has 0 saturated heterocycles. The number of esters is 1. The van der Waals surface area contributed by atoms with Crippen LogP contribution in [0, 0.1) is 0 Å². The van der Waals surface area contributed by atoms with Gasteiger partial charge in [0.05, 0.1) is 0 Å². The van der Waals surface area contributed by atoms with Crippen LogP contribution in [0.25, 0.3) is 0 Å². The molecule has 0 radical (unpaired) electrons. The summed E-state index contributed by atoms with van der Waals surface area (Å²) in [5.74, 6) is -0.0216. The first kappa shape index (κ1) is 15.9. The van der Waals surface area contributed by atoms with E-state index in [4.69, 9.17) is 9.47 Å². The number of carbonyl (C=O) groups excluding carboxylic acids is 2. The number of aromatic nitrogens is 1. The number of amides is 1. The van der Waals surface area contributed by atoms with Crippen LogP contribution in [0.15, 0.2) is 18.3 Å². The molecule has 0 fully saturated rings. The van der Waals surface area contributed by atoms with Crippen molar-refractivity contribution in [3.63, 3.8) is 0 Å². The summed E-state index contributed by atoms with van der Waals surface area (Å²) in [5.41, 5.74) is 0.161. The SMILES string of the molecule is CC(=O)OC(C)c1ccnc(NC(=O)OC(C)(C)C)c1. The summed E-state index contributed by atoms with van der Waals surface area (Å²) in [5, 5.41) is 2.53. The summed E-state index contributed by atoms with van der Waals surface area (Å²) in [4.78, 5) is 26.6. The fraction of sp³-hybridized carbons (Fsp3) is 0.500. The van der Waals surface area contributed by atoms with Gasteiger partial charge in [-0.2, -0.15) is 0 Å². The third-order valence-electron chi connectivity index (χ3n) is 2.23. The maximum Gasteiger partial charge on any atom is 0.413 e. The van der Waals surface area contributed by atoms with Crippen LogP contribution in [0.1, 0.15) is 46.3 Å². The van der Waals surface area contributed by atoms with Crippen molar-refractivity contribution in [2.24, 2.45) is 0 Å². The Labute approximate surface area is 118 Å². The van der Waals surface area contributed by atoms with Crippen LogP contribution < -0.4 is 5.32 Å². The second-order valence-electron chi connectivity index (χ2n) is 5.35. The Hall–Kier alpha value is -2.11. The van der Waals surface area contributed by atoms with E-state index in [2.05, 4.69) is 10.3 Å². The van der Waals surface area contributed by atoms with E-state index in [1.54, 1.807) is 39.8 Å². The Bertz CT molecular complexity index is 494. The third kappa shape index (κ3) is 5.69. The number of hydrogen-bond donors (Lipinski definition) is 1. The standard InChI is InChI=1S/C14H20N2O4/c1-9(19-10(2)17)11-6-7-15-12(8-11)16-13(18)20-14(3,4)5/h6-9H,1-5H3,(H,15,16,18). The van der Waals surface area contributed by atoms with E-state index in [1.165, 1.54) is 13.1 Å². The van der Waals surface area contributed by atoms with E-state index < -0.39 is 17.8 Å². The second kappa shape index (κ2) is 6.36. The van der Waals surface area contributed by atoms with Gasteiger partial charge in [0, 0.05) is 13.1 Å². The van der Waals surface area contributed by atoms with Gasteiger partial charge in [-0.25, -0.2) is 9.78 Å². The van der Waals surface area contributed by atoms with Crippen molar-refractivity contribution in [3.05, 3.63) is 23.9 Å². The average molecular weight is 280 g/mol. The molecule has 1 heterocycles. The minimum absolute atomic E-state index is 0.343. The van der Waals surface area contributed by atoms with Crippen LogP contribution in [0.3, 0.4) is 0 Å². The number of rotatable bonds is 3. The summed E-state index contributed by atoms with van der Waals surface area (Å²) in [6.45, 7) is 8.42. The van der Waals surface area contributed by atoms with Crippen molar-refractivity contribution in [2.75, 3.05) is 5.32 Å². The third-order valence-corrected chi connectivity index (χ3v) is 2.23. The molecule has 1 atom stereocenters. The molecular formula is C14H20N2O4. The molecule has 20 heavy (non-hydrogen) atoms. The van der Waals surface area contributed by atoms with Crippen LogP contribution in [0.5, 0.6) is 0 Å². The molecule has 0 spiro atoms. The molecule has 0 saturated carbocycles. The molecule has 0 aliphatic carbocycles. The average Bonchev–Trinajstić information content (AvgIpc) is 2.25. The van der Waals surface area contributed by atoms with Gasteiger partial charge in [0.25, 0.3) is 0 Å². The highest BCUT2D eigenvalue weighted by atomic mass is 16.6. The Morgan fingerprint density at radius 2 is 2.00 bits per heavy atom. The van der Waals surface area contributed by atoms with Gasteiger partial charge in [0.1, 0.15) is 17.5 Å². The largest absolute Gasteiger partial charge is 0.458 e. The molecule has 110 valence electrons. The van der Waals surface area contributed by atoms with Crippen LogP contribution in [-0.2, 0) is 14.3 Å². The minimum Gasteiger partial charge on any atom is -0.458 e. The Kier molecular flexibility index (Phi) is 5.07. The van der Waals surface area contributed by atoms with Crippen molar-refractivity contribution < 1.29 is 19.1 Å². The predicted octanol–water partition coefficient (Wildman–Crippen LogP) is 3.05. The van der Waals surface area contributed by atoms with Crippen molar-refractivity contribution >= 4 is 17.9 Å².